The Hall–Kier alpha value is -2.50. The maximum absolute atomic E-state index is 12.7. The van der Waals surface area contributed by atoms with E-state index in [1.807, 2.05) is 0 Å². The Labute approximate surface area is 125 Å². The summed E-state index contributed by atoms with van der Waals surface area (Å²) in [6.07, 6.45) is -4.38. The third kappa shape index (κ3) is 3.58. The van der Waals surface area contributed by atoms with E-state index in [0.29, 0.717) is 16.8 Å². The molecule has 3 N–H and O–H groups in total. The van der Waals surface area contributed by atoms with Gasteiger partial charge in [0.1, 0.15) is 0 Å². The van der Waals surface area contributed by atoms with Crippen LogP contribution >= 0.6 is 0 Å². The SMILES string of the molecule is Cc1cccc(C(N)=O)c1NCc1cccc(C(F)(F)F)c1. The Morgan fingerprint density at radius 2 is 1.86 bits per heavy atom. The van der Waals surface area contributed by atoms with Gasteiger partial charge in [-0.15, -0.1) is 0 Å². The Morgan fingerprint density at radius 1 is 1.18 bits per heavy atom. The highest BCUT2D eigenvalue weighted by atomic mass is 19.4. The molecule has 2 rings (SSSR count). The second-order valence-electron chi connectivity index (χ2n) is 4.91. The van der Waals surface area contributed by atoms with Gasteiger partial charge in [0, 0.05) is 6.54 Å². The minimum atomic E-state index is -4.38. The topological polar surface area (TPSA) is 55.1 Å². The minimum absolute atomic E-state index is 0.162. The summed E-state index contributed by atoms with van der Waals surface area (Å²) < 4.78 is 38.1. The molecule has 0 aliphatic carbocycles. The Bertz CT molecular complexity index is 696. The van der Waals surface area contributed by atoms with Crippen molar-refractivity contribution in [1.82, 2.24) is 0 Å². The van der Waals surface area contributed by atoms with Crippen LogP contribution in [0.5, 0.6) is 0 Å². The lowest BCUT2D eigenvalue weighted by molar-refractivity contribution is -0.137. The van der Waals surface area contributed by atoms with Gasteiger partial charge < -0.3 is 11.1 Å². The number of amides is 1. The number of hydrogen-bond donors (Lipinski definition) is 2. The van der Waals surface area contributed by atoms with Crippen LogP contribution in [0.1, 0.15) is 27.0 Å². The van der Waals surface area contributed by atoms with Crippen LogP contribution in [0.25, 0.3) is 0 Å². The molecular formula is C16H15F3N2O. The molecule has 0 atom stereocenters. The van der Waals surface area contributed by atoms with Gasteiger partial charge in [0.2, 0.25) is 0 Å². The van der Waals surface area contributed by atoms with E-state index in [2.05, 4.69) is 5.32 Å². The van der Waals surface area contributed by atoms with Crippen LogP contribution in [0.2, 0.25) is 0 Å². The van der Waals surface area contributed by atoms with Crippen LogP contribution in [-0.4, -0.2) is 5.91 Å². The van der Waals surface area contributed by atoms with Crippen molar-refractivity contribution < 1.29 is 18.0 Å². The zero-order valence-corrected chi connectivity index (χ0v) is 11.9. The molecule has 0 bridgehead atoms. The number of benzene rings is 2. The first-order valence-electron chi connectivity index (χ1n) is 6.58. The van der Waals surface area contributed by atoms with Crippen molar-refractivity contribution in [2.45, 2.75) is 19.6 Å². The van der Waals surface area contributed by atoms with E-state index in [1.165, 1.54) is 6.07 Å². The highest BCUT2D eigenvalue weighted by molar-refractivity contribution is 5.99. The number of nitrogens with one attached hydrogen (secondary N) is 1. The number of para-hydroxylation sites is 1. The standard InChI is InChI=1S/C16H15F3N2O/c1-10-4-2-7-13(15(20)22)14(10)21-9-11-5-3-6-12(8-11)16(17,18)19/h2-8,21H,9H2,1H3,(H2,20,22). The molecule has 1 amide bonds. The largest absolute Gasteiger partial charge is 0.416 e. The number of aryl methyl sites for hydroxylation is 1. The van der Waals surface area contributed by atoms with Crippen molar-refractivity contribution in [1.29, 1.82) is 0 Å². The quantitative estimate of drug-likeness (QED) is 0.904. The number of carbonyl (C=O) groups is 1. The summed E-state index contributed by atoms with van der Waals surface area (Å²) in [6, 6.07) is 10.1. The second-order valence-corrected chi connectivity index (χ2v) is 4.91. The summed E-state index contributed by atoms with van der Waals surface area (Å²) >= 11 is 0. The summed E-state index contributed by atoms with van der Waals surface area (Å²) in [7, 11) is 0. The number of nitrogens with two attached hydrogens (primary N) is 1. The molecule has 0 aromatic heterocycles. The number of halogens is 3. The number of rotatable bonds is 4. The van der Waals surface area contributed by atoms with Crippen molar-refractivity contribution in [2.24, 2.45) is 5.73 Å². The summed E-state index contributed by atoms with van der Waals surface area (Å²) in [6.45, 7) is 1.95. The lowest BCUT2D eigenvalue weighted by Gasteiger charge is -2.14. The van der Waals surface area contributed by atoms with Crippen LogP contribution < -0.4 is 11.1 Å². The van der Waals surface area contributed by atoms with Crippen LogP contribution in [-0.2, 0) is 12.7 Å². The van der Waals surface area contributed by atoms with Gasteiger partial charge in [0.25, 0.3) is 5.91 Å². The van der Waals surface area contributed by atoms with Crippen LogP contribution in [0, 0.1) is 6.92 Å². The van der Waals surface area contributed by atoms with Crippen LogP contribution in [0.3, 0.4) is 0 Å². The molecule has 2 aromatic rings. The molecule has 3 nitrogen and oxygen atoms in total. The molecule has 2 aromatic carbocycles. The third-order valence-corrected chi connectivity index (χ3v) is 3.26. The van der Waals surface area contributed by atoms with E-state index < -0.39 is 17.6 Å². The van der Waals surface area contributed by atoms with Gasteiger partial charge >= 0.3 is 6.18 Å². The molecule has 0 saturated carbocycles. The van der Waals surface area contributed by atoms with Crippen molar-refractivity contribution in [2.75, 3.05) is 5.32 Å². The van der Waals surface area contributed by atoms with Gasteiger partial charge in [-0.1, -0.05) is 24.3 Å². The van der Waals surface area contributed by atoms with Gasteiger partial charge in [-0.2, -0.15) is 13.2 Å². The van der Waals surface area contributed by atoms with Gasteiger partial charge in [-0.25, -0.2) is 0 Å². The fraction of sp³-hybridized carbons (Fsp3) is 0.188. The lowest BCUT2D eigenvalue weighted by atomic mass is 10.1. The van der Waals surface area contributed by atoms with E-state index in [-0.39, 0.29) is 6.54 Å². The molecule has 0 saturated heterocycles. The molecule has 0 aliphatic rings. The van der Waals surface area contributed by atoms with Crippen LogP contribution in [0.4, 0.5) is 18.9 Å². The second kappa shape index (κ2) is 6.09. The van der Waals surface area contributed by atoms with Crippen molar-refractivity contribution in [3.63, 3.8) is 0 Å². The van der Waals surface area contributed by atoms with Crippen molar-refractivity contribution in [3.8, 4) is 0 Å². The van der Waals surface area contributed by atoms with Crippen molar-refractivity contribution in [3.05, 3.63) is 64.7 Å². The zero-order chi connectivity index (χ0) is 16.3. The van der Waals surface area contributed by atoms with Gasteiger partial charge in [0.15, 0.2) is 0 Å². The normalized spacial score (nSPS) is 11.3. The van der Waals surface area contributed by atoms with E-state index in [4.69, 9.17) is 5.73 Å². The summed E-state index contributed by atoms with van der Waals surface area (Å²) in [5.41, 5.74) is 6.71. The molecule has 0 unspecified atom stereocenters. The third-order valence-electron chi connectivity index (χ3n) is 3.26. The molecule has 0 spiro atoms. The van der Waals surface area contributed by atoms with E-state index in [9.17, 15) is 18.0 Å². The molecule has 6 heteroatoms. The van der Waals surface area contributed by atoms with Gasteiger partial charge in [0.05, 0.1) is 16.8 Å². The smallest absolute Gasteiger partial charge is 0.380 e. The summed E-state index contributed by atoms with van der Waals surface area (Å²) in [4.78, 5) is 11.4. The van der Waals surface area contributed by atoms with Gasteiger partial charge in [-0.3, -0.25) is 4.79 Å². The predicted octanol–water partition coefficient (Wildman–Crippen LogP) is 3.72. The highest BCUT2D eigenvalue weighted by Gasteiger charge is 2.30. The maximum atomic E-state index is 12.7. The molecule has 0 heterocycles. The molecular weight excluding hydrogens is 293 g/mol. The first-order valence-corrected chi connectivity index (χ1v) is 6.58. The predicted molar refractivity (Wildman–Crippen MR) is 78.5 cm³/mol. The van der Waals surface area contributed by atoms with E-state index in [1.54, 1.807) is 31.2 Å². The molecule has 0 radical (unpaired) electrons. The molecule has 116 valence electrons. The van der Waals surface area contributed by atoms with E-state index >= 15 is 0 Å². The fourth-order valence-corrected chi connectivity index (χ4v) is 2.16. The Morgan fingerprint density at radius 3 is 2.50 bits per heavy atom. The zero-order valence-electron chi connectivity index (χ0n) is 11.9. The van der Waals surface area contributed by atoms with Crippen molar-refractivity contribution >= 4 is 11.6 Å². The molecule has 0 aliphatic heterocycles. The lowest BCUT2D eigenvalue weighted by Crippen LogP contribution is -2.15. The molecule has 22 heavy (non-hydrogen) atoms. The number of anilines is 1. The number of primary amides is 1. The average Bonchev–Trinajstić information content (AvgIpc) is 2.45. The van der Waals surface area contributed by atoms with Gasteiger partial charge in [-0.05, 0) is 36.2 Å². The molecule has 0 fully saturated rings. The minimum Gasteiger partial charge on any atom is -0.380 e. The first kappa shape index (κ1) is 15.9. The Balaban J connectivity index is 2.23. The van der Waals surface area contributed by atoms with Crippen LogP contribution in [0.15, 0.2) is 42.5 Å². The number of hydrogen-bond acceptors (Lipinski definition) is 2. The summed E-state index contributed by atoms with van der Waals surface area (Å²) in [5, 5.41) is 2.99. The number of carbonyl (C=O) groups excluding carboxylic acids is 1. The van der Waals surface area contributed by atoms with E-state index in [0.717, 1.165) is 17.7 Å². The Kier molecular flexibility index (Phi) is 4.40. The first-order chi connectivity index (χ1) is 10.3. The average molecular weight is 308 g/mol. The monoisotopic (exact) mass is 308 g/mol. The summed E-state index contributed by atoms with van der Waals surface area (Å²) in [5.74, 6) is -0.588. The fourth-order valence-electron chi connectivity index (χ4n) is 2.16. The number of alkyl halides is 3. The highest BCUT2D eigenvalue weighted by Crippen LogP contribution is 2.30. The maximum Gasteiger partial charge on any atom is 0.416 e.